The van der Waals surface area contributed by atoms with Crippen LogP contribution in [0.2, 0.25) is 0 Å². The van der Waals surface area contributed by atoms with Gasteiger partial charge in [-0.05, 0) is 19.1 Å². The van der Waals surface area contributed by atoms with E-state index in [1.807, 2.05) is 19.1 Å². The summed E-state index contributed by atoms with van der Waals surface area (Å²) in [6.45, 7) is 1.88. The Bertz CT molecular complexity index is 424. The van der Waals surface area contributed by atoms with Gasteiger partial charge in [0.15, 0.2) is 0 Å². The van der Waals surface area contributed by atoms with E-state index < -0.39 is 0 Å². The average molecular weight is 190 g/mol. The Kier molecular flexibility index (Phi) is 2.18. The summed E-state index contributed by atoms with van der Waals surface area (Å²) in [7, 11) is 1.62. The van der Waals surface area contributed by atoms with Gasteiger partial charge in [0.25, 0.3) is 0 Å². The lowest BCUT2D eigenvalue weighted by Crippen LogP contribution is -1.92. The summed E-state index contributed by atoms with van der Waals surface area (Å²) in [5, 5.41) is 0. The third kappa shape index (κ3) is 1.46. The first-order chi connectivity index (χ1) is 6.81. The van der Waals surface area contributed by atoms with Crippen molar-refractivity contribution in [3.63, 3.8) is 0 Å². The zero-order valence-electron chi connectivity index (χ0n) is 8.02. The minimum Gasteiger partial charge on any atom is -0.495 e. The number of ether oxygens (including phenoxy) is 1. The summed E-state index contributed by atoms with van der Waals surface area (Å²) in [4.78, 5) is 8.32. The van der Waals surface area contributed by atoms with Gasteiger partial charge in [-0.1, -0.05) is 0 Å². The summed E-state index contributed by atoms with van der Waals surface area (Å²) in [6.07, 6.45) is 3.12. The largest absolute Gasteiger partial charge is 0.495 e. The van der Waals surface area contributed by atoms with Crippen LogP contribution in [-0.4, -0.2) is 17.1 Å². The van der Waals surface area contributed by atoms with Gasteiger partial charge in [0.05, 0.1) is 19.0 Å². The average Bonchev–Trinajstić information content (AvgIpc) is 2.70. The summed E-state index contributed by atoms with van der Waals surface area (Å²) in [5.74, 6) is 1.29. The highest BCUT2D eigenvalue weighted by Gasteiger charge is 2.06. The van der Waals surface area contributed by atoms with Gasteiger partial charge in [-0.2, -0.15) is 0 Å². The van der Waals surface area contributed by atoms with E-state index in [0.29, 0.717) is 11.6 Å². The molecule has 2 heterocycles. The number of methoxy groups -OCH3 is 1. The second kappa shape index (κ2) is 3.49. The van der Waals surface area contributed by atoms with Crippen LogP contribution < -0.4 is 4.74 Å². The number of aryl methyl sites for hydroxylation is 1. The van der Waals surface area contributed by atoms with Crippen molar-refractivity contribution >= 4 is 0 Å². The summed E-state index contributed by atoms with van der Waals surface area (Å²) < 4.78 is 10.2. The van der Waals surface area contributed by atoms with E-state index in [0.717, 1.165) is 11.4 Å². The number of rotatable bonds is 2. The molecule has 0 N–H and O–H groups in total. The van der Waals surface area contributed by atoms with Crippen LogP contribution in [0.5, 0.6) is 5.75 Å². The smallest absolute Gasteiger partial charge is 0.244 e. The molecule has 0 radical (unpaired) electrons. The fraction of sp³-hybridized carbons (Fsp3) is 0.200. The molecule has 0 spiro atoms. The van der Waals surface area contributed by atoms with Gasteiger partial charge < -0.3 is 9.15 Å². The molecule has 0 aliphatic rings. The van der Waals surface area contributed by atoms with Crippen LogP contribution in [-0.2, 0) is 0 Å². The molecule has 0 atom stereocenters. The van der Waals surface area contributed by atoms with Crippen molar-refractivity contribution in [2.45, 2.75) is 6.92 Å². The summed E-state index contributed by atoms with van der Waals surface area (Å²) >= 11 is 0. The number of oxazole rings is 1. The molecule has 0 saturated heterocycles. The van der Waals surface area contributed by atoms with Gasteiger partial charge in [0.1, 0.15) is 17.7 Å². The van der Waals surface area contributed by atoms with Crippen LogP contribution in [0.4, 0.5) is 0 Å². The van der Waals surface area contributed by atoms with Gasteiger partial charge in [-0.25, -0.2) is 9.97 Å². The lowest BCUT2D eigenvalue weighted by atomic mass is 10.3. The monoisotopic (exact) mass is 190 g/mol. The molecule has 2 rings (SSSR count). The zero-order valence-corrected chi connectivity index (χ0v) is 8.02. The van der Waals surface area contributed by atoms with Crippen molar-refractivity contribution in [1.29, 1.82) is 0 Å². The minimum atomic E-state index is 0.524. The Hall–Kier alpha value is -1.84. The number of aromatic nitrogens is 2. The van der Waals surface area contributed by atoms with Gasteiger partial charge >= 0.3 is 0 Å². The van der Waals surface area contributed by atoms with E-state index >= 15 is 0 Å². The first kappa shape index (κ1) is 8.74. The van der Waals surface area contributed by atoms with Crippen molar-refractivity contribution in [1.82, 2.24) is 9.97 Å². The summed E-state index contributed by atoms with van der Waals surface area (Å²) in [6, 6.07) is 3.67. The van der Waals surface area contributed by atoms with Gasteiger partial charge in [0, 0.05) is 0 Å². The molecule has 0 fully saturated rings. The second-order valence-electron chi connectivity index (χ2n) is 2.82. The van der Waals surface area contributed by atoms with E-state index in [1.165, 1.54) is 6.26 Å². The Morgan fingerprint density at radius 1 is 1.36 bits per heavy atom. The molecule has 14 heavy (non-hydrogen) atoms. The highest BCUT2D eigenvalue weighted by Crippen LogP contribution is 2.20. The Morgan fingerprint density at radius 3 is 2.79 bits per heavy atom. The van der Waals surface area contributed by atoms with Crippen molar-refractivity contribution in [2.24, 2.45) is 0 Å². The molecule has 0 saturated carbocycles. The first-order valence-electron chi connectivity index (χ1n) is 4.23. The van der Waals surface area contributed by atoms with E-state index in [-0.39, 0.29) is 0 Å². The normalized spacial score (nSPS) is 10.1. The lowest BCUT2D eigenvalue weighted by Gasteiger charge is -2.03. The lowest BCUT2D eigenvalue weighted by molar-refractivity contribution is 0.409. The number of hydrogen-bond acceptors (Lipinski definition) is 4. The standard InChI is InChI=1S/C10H10N2O2/c1-7-9(13-2)4-3-8(12-7)10-11-5-6-14-10/h3-6H,1-2H3. The molecule has 4 nitrogen and oxygen atoms in total. The SMILES string of the molecule is COc1ccc(-c2ncco2)nc1C. The molecule has 2 aromatic heterocycles. The maximum Gasteiger partial charge on any atom is 0.244 e. The van der Waals surface area contributed by atoms with E-state index in [9.17, 15) is 0 Å². The van der Waals surface area contributed by atoms with Crippen molar-refractivity contribution < 1.29 is 9.15 Å². The molecule has 0 unspecified atom stereocenters. The van der Waals surface area contributed by atoms with Gasteiger partial charge in [-0.15, -0.1) is 0 Å². The van der Waals surface area contributed by atoms with Crippen LogP contribution in [0, 0.1) is 6.92 Å². The first-order valence-corrected chi connectivity index (χ1v) is 4.23. The maximum absolute atomic E-state index is 5.13. The molecule has 0 amide bonds. The fourth-order valence-corrected chi connectivity index (χ4v) is 1.23. The molecule has 0 aromatic carbocycles. The van der Waals surface area contributed by atoms with Crippen molar-refractivity contribution in [3.8, 4) is 17.3 Å². The minimum absolute atomic E-state index is 0.524. The molecule has 0 aliphatic carbocycles. The van der Waals surface area contributed by atoms with Crippen molar-refractivity contribution in [2.75, 3.05) is 7.11 Å². The quantitative estimate of drug-likeness (QED) is 0.727. The van der Waals surface area contributed by atoms with Gasteiger partial charge in [0.2, 0.25) is 5.89 Å². The van der Waals surface area contributed by atoms with Crippen LogP contribution in [0.25, 0.3) is 11.6 Å². The number of hydrogen-bond donors (Lipinski definition) is 0. The van der Waals surface area contributed by atoms with Gasteiger partial charge in [-0.3, -0.25) is 0 Å². The second-order valence-corrected chi connectivity index (χ2v) is 2.82. The Morgan fingerprint density at radius 2 is 2.21 bits per heavy atom. The van der Waals surface area contributed by atoms with E-state index in [4.69, 9.17) is 9.15 Å². The molecule has 0 bridgehead atoms. The van der Waals surface area contributed by atoms with Crippen LogP contribution >= 0.6 is 0 Å². The fourth-order valence-electron chi connectivity index (χ4n) is 1.23. The van der Waals surface area contributed by atoms with Crippen LogP contribution in [0.3, 0.4) is 0 Å². The molecule has 2 aromatic rings. The maximum atomic E-state index is 5.13. The molecule has 4 heteroatoms. The van der Waals surface area contributed by atoms with Crippen LogP contribution in [0.15, 0.2) is 29.0 Å². The topological polar surface area (TPSA) is 48.2 Å². The van der Waals surface area contributed by atoms with E-state index in [2.05, 4.69) is 9.97 Å². The highest BCUT2D eigenvalue weighted by atomic mass is 16.5. The molecular formula is C10H10N2O2. The van der Waals surface area contributed by atoms with E-state index in [1.54, 1.807) is 13.3 Å². The number of pyridine rings is 1. The predicted molar refractivity (Wildman–Crippen MR) is 51.0 cm³/mol. The summed E-state index contributed by atoms with van der Waals surface area (Å²) in [5.41, 5.74) is 1.54. The number of nitrogens with zero attached hydrogens (tertiary/aromatic N) is 2. The highest BCUT2D eigenvalue weighted by molar-refractivity contribution is 5.49. The Labute approximate surface area is 81.6 Å². The zero-order chi connectivity index (χ0) is 9.97. The molecule has 0 aliphatic heterocycles. The Balaban J connectivity index is 2.43. The third-order valence-electron chi connectivity index (χ3n) is 1.91. The molecule has 72 valence electrons. The van der Waals surface area contributed by atoms with Crippen molar-refractivity contribution in [3.05, 3.63) is 30.3 Å². The van der Waals surface area contributed by atoms with Crippen LogP contribution in [0.1, 0.15) is 5.69 Å². The third-order valence-corrected chi connectivity index (χ3v) is 1.91. The predicted octanol–water partition coefficient (Wildman–Crippen LogP) is 2.05. The molecular weight excluding hydrogens is 180 g/mol.